The molecule has 1 unspecified atom stereocenters. The summed E-state index contributed by atoms with van der Waals surface area (Å²) in [5, 5.41) is 6.64. The van der Waals surface area contributed by atoms with E-state index in [2.05, 4.69) is 35.5 Å². The number of nitrogens with zero attached hydrogens (tertiary/aromatic N) is 1. The summed E-state index contributed by atoms with van der Waals surface area (Å²) in [6.07, 6.45) is 5.67. The van der Waals surface area contributed by atoms with Crippen molar-refractivity contribution >= 4 is 11.9 Å². The SMILES string of the molecule is CN=C(NCCCC(=O)OC1CCCC1)NC(C)c1cc(C)ccc1OC. The van der Waals surface area contributed by atoms with Crippen LogP contribution in [0.1, 0.15) is 62.6 Å². The Kier molecular flexibility index (Phi) is 8.43. The van der Waals surface area contributed by atoms with Gasteiger partial charge < -0.3 is 20.1 Å². The Morgan fingerprint density at radius 3 is 2.74 bits per heavy atom. The summed E-state index contributed by atoms with van der Waals surface area (Å²) in [6, 6.07) is 6.17. The molecule has 1 aromatic rings. The third kappa shape index (κ3) is 6.77. The lowest BCUT2D eigenvalue weighted by molar-refractivity contribution is -0.148. The number of carbonyl (C=O) groups is 1. The number of ether oxygens (including phenoxy) is 2. The van der Waals surface area contributed by atoms with Crippen molar-refractivity contribution in [2.45, 2.75) is 64.5 Å². The zero-order valence-corrected chi connectivity index (χ0v) is 17.0. The molecule has 0 heterocycles. The van der Waals surface area contributed by atoms with Crippen LogP contribution < -0.4 is 15.4 Å². The molecule has 0 aliphatic heterocycles. The summed E-state index contributed by atoms with van der Waals surface area (Å²) in [4.78, 5) is 16.1. The molecule has 0 spiro atoms. The molecule has 1 aromatic carbocycles. The van der Waals surface area contributed by atoms with Crippen molar-refractivity contribution < 1.29 is 14.3 Å². The van der Waals surface area contributed by atoms with Crippen LogP contribution in [0, 0.1) is 6.92 Å². The molecule has 1 aliphatic rings. The number of esters is 1. The van der Waals surface area contributed by atoms with Crippen LogP contribution in [0.2, 0.25) is 0 Å². The average molecular weight is 376 g/mol. The van der Waals surface area contributed by atoms with Crippen molar-refractivity contribution in [2.24, 2.45) is 4.99 Å². The minimum Gasteiger partial charge on any atom is -0.496 e. The van der Waals surface area contributed by atoms with E-state index >= 15 is 0 Å². The Hall–Kier alpha value is -2.24. The van der Waals surface area contributed by atoms with E-state index in [9.17, 15) is 4.79 Å². The zero-order chi connectivity index (χ0) is 19.6. The standard InChI is InChI=1S/C21H33N3O3/c1-15-11-12-19(26-4)18(14-15)16(2)24-21(22-3)23-13-7-10-20(25)27-17-8-5-6-9-17/h11-12,14,16-17H,5-10,13H2,1-4H3,(H2,22,23,24). The van der Waals surface area contributed by atoms with Gasteiger partial charge in [0.05, 0.1) is 13.2 Å². The molecule has 0 bridgehead atoms. The van der Waals surface area contributed by atoms with Crippen LogP contribution in [-0.2, 0) is 9.53 Å². The monoisotopic (exact) mass is 375 g/mol. The molecule has 2 N–H and O–H groups in total. The van der Waals surface area contributed by atoms with Crippen LogP contribution in [0.4, 0.5) is 0 Å². The molecule has 27 heavy (non-hydrogen) atoms. The third-order valence-corrected chi connectivity index (χ3v) is 4.88. The number of aliphatic imine (C=N–C) groups is 1. The Morgan fingerprint density at radius 1 is 1.33 bits per heavy atom. The highest BCUT2D eigenvalue weighted by atomic mass is 16.5. The fraction of sp³-hybridized carbons (Fsp3) is 0.619. The van der Waals surface area contributed by atoms with Crippen molar-refractivity contribution in [1.82, 2.24) is 10.6 Å². The number of methoxy groups -OCH3 is 1. The van der Waals surface area contributed by atoms with Gasteiger partial charge in [-0.1, -0.05) is 17.7 Å². The van der Waals surface area contributed by atoms with Crippen molar-refractivity contribution in [3.8, 4) is 5.75 Å². The number of nitrogens with one attached hydrogen (secondary N) is 2. The molecule has 150 valence electrons. The lowest BCUT2D eigenvalue weighted by Crippen LogP contribution is -2.39. The average Bonchev–Trinajstić information content (AvgIpc) is 3.16. The van der Waals surface area contributed by atoms with Gasteiger partial charge in [0.1, 0.15) is 11.9 Å². The quantitative estimate of drug-likeness (QED) is 0.315. The summed E-state index contributed by atoms with van der Waals surface area (Å²) in [5.74, 6) is 1.46. The molecule has 0 saturated heterocycles. The van der Waals surface area contributed by atoms with E-state index in [-0.39, 0.29) is 18.1 Å². The van der Waals surface area contributed by atoms with Gasteiger partial charge in [-0.2, -0.15) is 0 Å². The van der Waals surface area contributed by atoms with Crippen LogP contribution >= 0.6 is 0 Å². The molecule has 1 saturated carbocycles. The highest BCUT2D eigenvalue weighted by Crippen LogP contribution is 2.26. The van der Waals surface area contributed by atoms with Crippen LogP contribution in [0.5, 0.6) is 5.75 Å². The first-order chi connectivity index (χ1) is 13.0. The minimum atomic E-state index is -0.0930. The maximum atomic E-state index is 11.9. The van der Waals surface area contributed by atoms with Gasteiger partial charge in [0.2, 0.25) is 0 Å². The smallest absolute Gasteiger partial charge is 0.306 e. The van der Waals surface area contributed by atoms with E-state index in [1.807, 2.05) is 12.1 Å². The second-order valence-electron chi connectivity index (χ2n) is 7.11. The number of rotatable bonds is 8. The zero-order valence-electron chi connectivity index (χ0n) is 17.0. The maximum Gasteiger partial charge on any atom is 0.306 e. The van der Waals surface area contributed by atoms with Crippen molar-refractivity contribution in [3.05, 3.63) is 29.3 Å². The van der Waals surface area contributed by atoms with Crippen LogP contribution in [0.15, 0.2) is 23.2 Å². The Bertz CT molecular complexity index is 640. The fourth-order valence-electron chi connectivity index (χ4n) is 3.36. The van der Waals surface area contributed by atoms with Gasteiger partial charge in [-0.25, -0.2) is 0 Å². The highest BCUT2D eigenvalue weighted by molar-refractivity contribution is 5.80. The first-order valence-electron chi connectivity index (χ1n) is 9.84. The number of carbonyl (C=O) groups excluding carboxylic acids is 1. The number of hydrogen-bond donors (Lipinski definition) is 2. The van der Waals surface area contributed by atoms with Gasteiger partial charge >= 0.3 is 5.97 Å². The molecule has 1 atom stereocenters. The number of benzene rings is 1. The molecule has 1 aliphatic carbocycles. The van der Waals surface area contributed by atoms with E-state index < -0.39 is 0 Å². The van der Waals surface area contributed by atoms with Gasteiger partial charge in [0, 0.05) is 25.6 Å². The molecule has 2 rings (SSSR count). The van der Waals surface area contributed by atoms with Gasteiger partial charge in [-0.15, -0.1) is 0 Å². The van der Waals surface area contributed by atoms with Gasteiger partial charge in [-0.05, 0) is 52.0 Å². The normalized spacial score (nSPS) is 16.1. The predicted molar refractivity (Wildman–Crippen MR) is 108 cm³/mol. The van der Waals surface area contributed by atoms with Gasteiger partial charge in [-0.3, -0.25) is 9.79 Å². The predicted octanol–water partition coefficient (Wildman–Crippen LogP) is 3.50. The van der Waals surface area contributed by atoms with Crippen LogP contribution in [-0.4, -0.2) is 38.7 Å². The van der Waals surface area contributed by atoms with Crippen molar-refractivity contribution in [2.75, 3.05) is 20.7 Å². The summed E-state index contributed by atoms with van der Waals surface area (Å²) >= 11 is 0. The van der Waals surface area contributed by atoms with Gasteiger partial charge in [0.15, 0.2) is 5.96 Å². The fourth-order valence-corrected chi connectivity index (χ4v) is 3.36. The molecule has 1 fully saturated rings. The Morgan fingerprint density at radius 2 is 2.07 bits per heavy atom. The Labute approximate surface area is 162 Å². The number of hydrogen-bond acceptors (Lipinski definition) is 4. The van der Waals surface area contributed by atoms with Gasteiger partial charge in [0.25, 0.3) is 0 Å². The molecule has 6 nitrogen and oxygen atoms in total. The van der Waals surface area contributed by atoms with Crippen LogP contribution in [0.3, 0.4) is 0 Å². The molecular weight excluding hydrogens is 342 g/mol. The second-order valence-corrected chi connectivity index (χ2v) is 7.11. The molecule has 6 heteroatoms. The van der Waals surface area contributed by atoms with Crippen LogP contribution in [0.25, 0.3) is 0 Å². The molecule has 0 aromatic heterocycles. The third-order valence-electron chi connectivity index (χ3n) is 4.88. The number of guanidine groups is 1. The summed E-state index contributed by atoms with van der Waals surface area (Å²) in [7, 11) is 3.42. The summed E-state index contributed by atoms with van der Waals surface area (Å²) in [5.41, 5.74) is 2.27. The van der Waals surface area contributed by atoms with Crippen molar-refractivity contribution in [3.63, 3.8) is 0 Å². The Balaban J connectivity index is 1.75. The molecule has 0 radical (unpaired) electrons. The second kappa shape index (κ2) is 10.8. The van der Waals surface area contributed by atoms with E-state index in [0.29, 0.717) is 25.3 Å². The minimum absolute atomic E-state index is 0.0402. The first kappa shape index (κ1) is 21.1. The van der Waals surface area contributed by atoms with E-state index in [0.717, 1.165) is 24.2 Å². The van der Waals surface area contributed by atoms with E-state index in [1.54, 1.807) is 14.2 Å². The lowest BCUT2D eigenvalue weighted by atomic mass is 10.0. The molecule has 0 amide bonds. The van der Waals surface area contributed by atoms with E-state index in [4.69, 9.17) is 9.47 Å². The summed E-state index contributed by atoms with van der Waals surface area (Å²) in [6.45, 7) is 4.80. The van der Waals surface area contributed by atoms with Crippen molar-refractivity contribution in [1.29, 1.82) is 0 Å². The highest BCUT2D eigenvalue weighted by Gasteiger charge is 2.19. The number of aryl methyl sites for hydroxylation is 1. The topological polar surface area (TPSA) is 72.0 Å². The first-order valence-corrected chi connectivity index (χ1v) is 9.84. The van der Waals surface area contributed by atoms with E-state index in [1.165, 1.54) is 18.4 Å². The molecular formula is C21H33N3O3. The maximum absolute atomic E-state index is 11.9. The summed E-state index contributed by atoms with van der Waals surface area (Å²) < 4.78 is 10.9. The lowest BCUT2D eigenvalue weighted by Gasteiger charge is -2.20. The largest absolute Gasteiger partial charge is 0.496 e.